The van der Waals surface area contributed by atoms with E-state index < -0.39 is 24.5 Å². The van der Waals surface area contributed by atoms with Crippen molar-refractivity contribution in [2.75, 3.05) is 40.6 Å². The van der Waals surface area contributed by atoms with Crippen LogP contribution in [-0.4, -0.2) is 92.1 Å². The van der Waals surface area contributed by atoms with Gasteiger partial charge in [-0.05, 0) is 0 Å². The number of hydrogen-bond donors (Lipinski definition) is 4. The Balaban J connectivity index is -0.0000000540. The zero-order valence-electron chi connectivity index (χ0n) is 16.0. The number of carbonyl (C=O) groups is 3. The molecule has 26 heavy (non-hydrogen) atoms. The smallest absolute Gasteiger partial charge is 1.00 e. The minimum Gasteiger partial charge on any atom is -1.00 e. The number of aliphatic hydroxyl groups is 4. The molecule has 1 fully saturated rings. The van der Waals surface area contributed by atoms with E-state index in [9.17, 15) is 9.59 Å². The van der Waals surface area contributed by atoms with Crippen LogP contribution >= 0.6 is 0 Å². The van der Waals surface area contributed by atoms with Gasteiger partial charge in [0.25, 0.3) is 6.47 Å². The number of ether oxygens (including phenoxy) is 4. The molecule has 0 radical (unpaired) electrons. The van der Waals surface area contributed by atoms with Crippen LogP contribution in [0.5, 0.6) is 0 Å². The Morgan fingerprint density at radius 1 is 1.31 bits per heavy atom. The van der Waals surface area contributed by atoms with Gasteiger partial charge in [0.15, 0.2) is 6.10 Å². The molecule has 1 rings (SSSR count). The molecule has 0 bridgehead atoms. The molecule has 15 heteroatoms. The fourth-order valence-corrected chi connectivity index (χ4v) is 0.596. The fourth-order valence-electron chi connectivity index (χ4n) is 0.596. The summed E-state index contributed by atoms with van der Waals surface area (Å²) in [5, 5.41) is 40.8. The maximum absolute atomic E-state index is 10.1. The van der Waals surface area contributed by atoms with Crippen molar-refractivity contribution in [2.45, 2.75) is 12.2 Å². The average Bonchev–Trinajstić information content (AvgIpc) is 3.06. The topological polar surface area (TPSA) is 201 Å². The van der Waals surface area contributed by atoms with Gasteiger partial charge in [-0.1, -0.05) is 0 Å². The van der Waals surface area contributed by atoms with Crippen LogP contribution in [0, 0.1) is 0 Å². The largest absolute Gasteiger partial charge is 1.00 e. The van der Waals surface area contributed by atoms with Crippen LogP contribution in [0.25, 0.3) is 0 Å². The normalized spacial score (nSPS) is 13.1. The third-order valence-electron chi connectivity index (χ3n) is 1.65. The van der Waals surface area contributed by atoms with E-state index in [4.69, 9.17) is 30.5 Å². The van der Waals surface area contributed by atoms with E-state index in [0.29, 0.717) is 0 Å². The molecule has 0 aromatic rings. The number of methoxy groups -OCH3 is 2. The van der Waals surface area contributed by atoms with Gasteiger partial charge < -0.3 is 50.9 Å². The second-order valence-electron chi connectivity index (χ2n) is 3.35. The Morgan fingerprint density at radius 2 is 1.73 bits per heavy atom. The standard InChI is InChI=1S/C4H6O4.C3H6O3.C3H8O3.CH2O3.2K.H/c5-1-3-2-7-4(6)8-3;1-5-3(4)6-2;4-1-3(6)2-5;2-1-4-3;;;/h3,5H,1-2H2;1-2H3;3-6H,1-2H2;1,3H;;;/q;;;;2*+1;-1/p-1. The third-order valence-corrected chi connectivity index (χ3v) is 1.65. The number of hydrogen-bond acceptors (Lipinski definition) is 13. The molecule has 1 unspecified atom stereocenters. The van der Waals surface area contributed by atoms with Gasteiger partial charge in [0.1, 0.15) is 12.7 Å². The minimum atomic E-state index is -0.954. The summed E-state index contributed by atoms with van der Waals surface area (Å²) in [6, 6.07) is 0. The van der Waals surface area contributed by atoms with Crippen LogP contribution < -0.4 is 108 Å². The van der Waals surface area contributed by atoms with Crippen molar-refractivity contribution < 1.29 is 168 Å². The van der Waals surface area contributed by atoms with Crippen LogP contribution in [-0.2, 0) is 28.6 Å². The van der Waals surface area contributed by atoms with E-state index in [2.05, 4.69) is 23.8 Å². The SMILES string of the molecule is COC(=O)OC.O=C1OCC(CO)O1.O=CO[O-].OCC(O)CO.[H-].[K+].[K+]. The van der Waals surface area contributed by atoms with Crippen LogP contribution in [0.15, 0.2) is 0 Å². The quantitative estimate of drug-likeness (QED) is 0.106. The van der Waals surface area contributed by atoms with E-state index in [1.807, 2.05) is 0 Å². The van der Waals surface area contributed by atoms with E-state index in [1.54, 1.807) is 0 Å². The zero-order valence-corrected chi connectivity index (χ0v) is 21.3. The number of aliphatic hydroxyl groups excluding tert-OH is 4. The van der Waals surface area contributed by atoms with Gasteiger partial charge in [0, 0.05) is 0 Å². The van der Waals surface area contributed by atoms with Crippen LogP contribution in [0.3, 0.4) is 0 Å². The molecule has 1 aliphatic heterocycles. The van der Waals surface area contributed by atoms with E-state index in [-0.39, 0.29) is 137 Å². The second kappa shape index (κ2) is 30.8. The van der Waals surface area contributed by atoms with E-state index in [1.165, 1.54) is 14.2 Å². The van der Waals surface area contributed by atoms with E-state index in [0.717, 1.165) is 0 Å². The first-order chi connectivity index (χ1) is 11.4. The van der Waals surface area contributed by atoms with Crippen LogP contribution in [0.2, 0.25) is 0 Å². The van der Waals surface area contributed by atoms with Crippen molar-refractivity contribution in [3.8, 4) is 0 Å². The summed E-state index contributed by atoms with van der Waals surface area (Å²) >= 11 is 0. The van der Waals surface area contributed by atoms with Gasteiger partial charge in [-0.3, -0.25) is 4.79 Å². The molecule has 1 saturated heterocycles. The fraction of sp³-hybridized carbons (Fsp3) is 0.727. The molecule has 13 nitrogen and oxygen atoms in total. The summed E-state index contributed by atoms with van der Waals surface area (Å²) in [4.78, 5) is 31.0. The summed E-state index contributed by atoms with van der Waals surface area (Å²) in [6.45, 7) is -0.895. The monoisotopic (exact) mass is 440 g/mol. The molecule has 0 spiro atoms. The first kappa shape index (κ1) is 37.8. The first-order valence-electron chi connectivity index (χ1n) is 6.04. The van der Waals surface area contributed by atoms with E-state index >= 15 is 0 Å². The molecular weight excluding hydrogens is 418 g/mol. The van der Waals surface area contributed by atoms with Crippen molar-refractivity contribution in [2.24, 2.45) is 0 Å². The van der Waals surface area contributed by atoms with Gasteiger partial charge in [-0.15, -0.1) is 0 Å². The molecule has 146 valence electrons. The maximum atomic E-state index is 10.1. The van der Waals surface area contributed by atoms with Crippen LogP contribution in [0.1, 0.15) is 1.43 Å². The molecule has 1 aliphatic rings. The van der Waals surface area contributed by atoms with Gasteiger partial charge in [0.2, 0.25) is 0 Å². The predicted molar refractivity (Wildman–Crippen MR) is 71.2 cm³/mol. The van der Waals surface area contributed by atoms with Gasteiger partial charge in [-0.25, -0.2) is 9.59 Å². The van der Waals surface area contributed by atoms with Crippen molar-refractivity contribution in [3.05, 3.63) is 0 Å². The number of carbonyl (C=O) groups excluding carboxylic acids is 3. The van der Waals surface area contributed by atoms with Crippen LogP contribution in [0.4, 0.5) is 9.59 Å². The minimum absolute atomic E-state index is 0. The zero-order chi connectivity index (χ0) is 19.4. The first-order valence-corrected chi connectivity index (χ1v) is 6.04. The molecule has 0 aromatic carbocycles. The summed E-state index contributed by atoms with van der Waals surface area (Å²) in [5.41, 5.74) is 0. The van der Waals surface area contributed by atoms with Crippen molar-refractivity contribution in [1.29, 1.82) is 0 Å². The molecule has 1 heterocycles. The van der Waals surface area contributed by atoms with Gasteiger partial charge >= 0.3 is 115 Å². The Labute approximate surface area is 236 Å². The summed E-state index contributed by atoms with van der Waals surface area (Å²) < 4.78 is 16.8. The number of rotatable bonds is 4. The second-order valence-corrected chi connectivity index (χ2v) is 3.35. The molecule has 1 atom stereocenters. The molecule has 0 amide bonds. The average molecular weight is 440 g/mol. The Morgan fingerprint density at radius 3 is 1.81 bits per heavy atom. The summed E-state index contributed by atoms with van der Waals surface area (Å²) in [7, 11) is 2.51. The molecule has 0 aromatic heterocycles. The third kappa shape index (κ3) is 32.7. The van der Waals surface area contributed by atoms with Gasteiger partial charge in [-0.2, -0.15) is 0 Å². The molecule has 4 N–H and O–H groups in total. The maximum Gasteiger partial charge on any atom is 1.00 e. The summed E-state index contributed by atoms with van der Waals surface area (Å²) in [6.07, 6.45) is -2.74. The number of cyclic esters (lactones) is 2. The Bertz CT molecular complexity index is 315. The van der Waals surface area contributed by atoms with Crippen molar-refractivity contribution in [3.63, 3.8) is 0 Å². The summed E-state index contributed by atoms with van der Waals surface area (Å²) in [5.74, 6) is 0. The molecular formula is C11H22K2O13. The van der Waals surface area contributed by atoms with Crippen molar-refractivity contribution >= 4 is 18.8 Å². The van der Waals surface area contributed by atoms with Gasteiger partial charge in [0.05, 0.1) is 34.0 Å². The Hall–Kier alpha value is 1.08. The van der Waals surface area contributed by atoms with Crippen molar-refractivity contribution in [1.82, 2.24) is 0 Å². The molecule has 0 saturated carbocycles. The molecule has 0 aliphatic carbocycles. The predicted octanol–water partition coefficient (Wildman–Crippen LogP) is -9.20. The Kier molecular flexibility index (Phi) is 44.8.